The molecule has 2 aromatic rings. The summed E-state index contributed by atoms with van der Waals surface area (Å²) >= 11 is 0. The third kappa shape index (κ3) is 6.31. The predicted molar refractivity (Wildman–Crippen MR) is 120 cm³/mol. The van der Waals surface area contributed by atoms with E-state index in [0.717, 1.165) is 24.0 Å². The molecule has 31 heavy (non-hydrogen) atoms. The zero-order chi connectivity index (χ0) is 22.1. The van der Waals surface area contributed by atoms with Crippen LogP contribution in [0.4, 0.5) is 0 Å². The Morgan fingerprint density at radius 3 is 2.71 bits per heavy atom. The maximum absolute atomic E-state index is 12.5. The molecule has 0 saturated heterocycles. The van der Waals surface area contributed by atoms with Crippen LogP contribution in [-0.2, 0) is 16.1 Å². The molecule has 0 bridgehead atoms. The van der Waals surface area contributed by atoms with Crippen LogP contribution in [0.25, 0.3) is 0 Å². The van der Waals surface area contributed by atoms with E-state index in [1.54, 1.807) is 20.1 Å². The largest absolute Gasteiger partial charge is 0.493 e. The molecule has 0 amide bonds. The molecule has 3 rings (SSSR count). The maximum atomic E-state index is 12.5. The summed E-state index contributed by atoms with van der Waals surface area (Å²) in [6, 6.07) is 13.4. The van der Waals surface area contributed by atoms with E-state index in [-0.39, 0.29) is 11.8 Å². The lowest BCUT2D eigenvalue weighted by atomic mass is 9.94. The van der Waals surface area contributed by atoms with Gasteiger partial charge in [0.25, 0.3) is 0 Å². The fourth-order valence-corrected chi connectivity index (χ4v) is 3.57. The van der Waals surface area contributed by atoms with E-state index in [1.807, 2.05) is 43.3 Å². The Hall–Kier alpha value is -2.86. The average molecular weight is 426 g/mol. The summed E-state index contributed by atoms with van der Waals surface area (Å²) in [5.74, 6) is 1.78. The van der Waals surface area contributed by atoms with Gasteiger partial charge >= 0.3 is 0 Å². The Labute approximate surface area is 184 Å². The van der Waals surface area contributed by atoms with Crippen LogP contribution in [0.15, 0.2) is 47.5 Å². The van der Waals surface area contributed by atoms with Crippen molar-refractivity contribution in [1.82, 2.24) is 0 Å². The van der Waals surface area contributed by atoms with Crippen LogP contribution in [0.3, 0.4) is 0 Å². The van der Waals surface area contributed by atoms with Crippen molar-refractivity contribution in [3.63, 3.8) is 0 Å². The first-order valence-corrected chi connectivity index (χ1v) is 10.8. The summed E-state index contributed by atoms with van der Waals surface area (Å²) in [5.41, 5.74) is 2.49. The number of Topliss-reactive ketones (excluding diaryl/α,β-unsaturated/α-hetero) is 1. The molecule has 2 aromatic carbocycles. The Bertz CT molecular complexity index is 894. The molecule has 6 heteroatoms. The van der Waals surface area contributed by atoms with Crippen LogP contribution < -0.4 is 9.47 Å². The minimum Gasteiger partial charge on any atom is -0.493 e. The van der Waals surface area contributed by atoms with E-state index in [0.29, 0.717) is 55.8 Å². The minimum atomic E-state index is -0.171. The second-order valence-electron chi connectivity index (χ2n) is 7.40. The highest BCUT2D eigenvalue weighted by Crippen LogP contribution is 2.37. The molecule has 0 fully saturated rings. The van der Waals surface area contributed by atoms with Crippen LogP contribution >= 0.6 is 0 Å². The topological polar surface area (TPSA) is 66.3 Å². The molecule has 0 saturated carbocycles. The van der Waals surface area contributed by atoms with E-state index in [9.17, 15) is 4.79 Å². The maximum Gasteiger partial charge on any atom is 0.186 e. The number of hydrogen-bond acceptors (Lipinski definition) is 6. The molecular formula is C25H31NO5. The molecular weight excluding hydrogens is 394 g/mol. The number of carbonyl (C=O) groups excluding carboxylic acids is 1. The first-order chi connectivity index (χ1) is 15.1. The predicted octanol–water partition coefficient (Wildman–Crippen LogP) is 5.15. The summed E-state index contributed by atoms with van der Waals surface area (Å²) in [7, 11) is 1.61. The van der Waals surface area contributed by atoms with Crippen LogP contribution in [-0.4, -0.2) is 38.6 Å². The van der Waals surface area contributed by atoms with Gasteiger partial charge < -0.3 is 18.9 Å². The molecule has 1 unspecified atom stereocenters. The quantitative estimate of drug-likeness (QED) is 0.389. The van der Waals surface area contributed by atoms with E-state index >= 15 is 0 Å². The highest BCUT2D eigenvalue weighted by molar-refractivity contribution is 5.96. The van der Waals surface area contributed by atoms with Crippen molar-refractivity contribution < 1.29 is 23.7 Å². The lowest BCUT2D eigenvalue weighted by Crippen LogP contribution is -2.10. The average Bonchev–Trinajstić information content (AvgIpc) is 3.03. The number of ketones is 1. The standard InChI is InChI=1S/C25H31NO5/c1-4-29-14-12-25-26-22(11-8-13-30-25)21-16-23(28-3)24(15-20(21)18(2)27)31-17-19-9-6-5-7-10-19/h5-7,9-10,15-16,22H,4,8,11-14,17H2,1-3H3. The second kappa shape index (κ2) is 11.5. The van der Waals surface area contributed by atoms with Crippen LogP contribution in [0, 0.1) is 0 Å². The van der Waals surface area contributed by atoms with Crippen molar-refractivity contribution in [1.29, 1.82) is 0 Å². The highest BCUT2D eigenvalue weighted by Gasteiger charge is 2.23. The first kappa shape index (κ1) is 22.8. The molecule has 0 spiro atoms. The van der Waals surface area contributed by atoms with Gasteiger partial charge in [-0.1, -0.05) is 30.3 Å². The lowest BCUT2D eigenvalue weighted by Gasteiger charge is -2.19. The fourth-order valence-electron chi connectivity index (χ4n) is 3.57. The summed E-state index contributed by atoms with van der Waals surface area (Å²) in [5, 5.41) is 0. The van der Waals surface area contributed by atoms with Gasteiger partial charge in [-0.15, -0.1) is 0 Å². The summed E-state index contributed by atoms with van der Waals surface area (Å²) in [6.45, 7) is 5.77. The number of methoxy groups -OCH3 is 1. The molecule has 1 atom stereocenters. The summed E-state index contributed by atoms with van der Waals surface area (Å²) in [4.78, 5) is 17.3. The number of hydrogen-bond donors (Lipinski definition) is 0. The normalized spacial score (nSPS) is 16.1. The third-order valence-electron chi connectivity index (χ3n) is 5.17. The Balaban J connectivity index is 1.89. The van der Waals surface area contributed by atoms with Crippen LogP contribution in [0.5, 0.6) is 11.5 Å². The molecule has 6 nitrogen and oxygen atoms in total. The number of ether oxygens (including phenoxy) is 4. The number of aliphatic imine (C=N–C) groups is 1. The Kier molecular flexibility index (Phi) is 8.47. The van der Waals surface area contributed by atoms with Gasteiger partial charge in [0.1, 0.15) is 6.61 Å². The van der Waals surface area contributed by atoms with Gasteiger partial charge in [-0.05, 0) is 49.9 Å². The molecule has 1 heterocycles. The first-order valence-electron chi connectivity index (χ1n) is 10.8. The van der Waals surface area contributed by atoms with Gasteiger partial charge in [-0.25, -0.2) is 4.99 Å². The summed E-state index contributed by atoms with van der Waals surface area (Å²) in [6.07, 6.45) is 2.28. The monoisotopic (exact) mass is 425 g/mol. The van der Waals surface area contributed by atoms with Gasteiger partial charge in [0, 0.05) is 18.6 Å². The van der Waals surface area contributed by atoms with Crippen molar-refractivity contribution in [3.8, 4) is 11.5 Å². The van der Waals surface area contributed by atoms with Gasteiger partial charge in [0.15, 0.2) is 23.2 Å². The van der Waals surface area contributed by atoms with Crippen molar-refractivity contribution in [3.05, 3.63) is 59.2 Å². The highest BCUT2D eigenvalue weighted by atomic mass is 16.5. The third-order valence-corrected chi connectivity index (χ3v) is 5.17. The smallest absolute Gasteiger partial charge is 0.186 e. The van der Waals surface area contributed by atoms with E-state index in [1.165, 1.54) is 0 Å². The van der Waals surface area contributed by atoms with E-state index in [4.69, 9.17) is 23.9 Å². The van der Waals surface area contributed by atoms with Gasteiger partial charge in [0.2, 0.25) is 0 Å². The molecule has 0 aliphatic carbocycles. The molecule has 166 valence electrons. The van der Waals surface area contributed by atoms with Crippen molar-refractivity contribution >= 4 is 11.7 Å². The number of nitrogens with zero attached hydrogens (tertiary/aromatic N) is 1. The van der Waals surface area contributed by atoms with Crippen LogP contribution in [0.2, 0.25) is 0 Å². The van der Waals surface area contributed by atoms with Crippen molar-refractivity contribution in [2.45, 2.75) is 45.8 Å². The lowest BCUT2D eigenvalue weighted by molar-refractivity contribution is 0.101. The minimum absolute atomic E-state index is 0.0292. The molecule has 0 radical (unpaired) electrons. The fraction of sp³-hybridized carbons (Fsp3) is 0.440. The molecule has 0 N–H and O–H groups in total. The van der Waals surface area contributed by atoms with Crippen molar-refractivity contribution in [2.24, 2.45) is 4.99 Å². The second-order valence-corrected chi connectivity index (χ2v) is 7.40. The summed E-state index contributed by atoms with van der Waals surface area (Å²) < 4.78 is 22.8. The number of rotatable bonds is 10. The van der Waals surface area contributed by atoms with Gasteiger partial charge in [-0.2, -0.15) is 0 Å². The van der Waals surface area contributed by atoms with Gasteiger partial charge in [0.05, 0.1) is 26.4 Å². The SMILES string of the molecule is CCOCCC1=NC(c2cc(OC)c(OCc3ccccc3)cc2C(C)=O)CCCO1. The molecule has 1 aliphatic rings. The Morgan fingerprint density at radius 1 is 1.19 bits per heavy atom. The number of carbonyl (C=O) groups is 1. The Morgan fingerprint density at radius 2 is 2.00 bits per heavy atom. The molecule has 1 aliphatic heterocycles. The van der Waals surface area contributed by atoms with Crippen molar-refractivity contribution in [2.75, 3.05) is 26.9 Å². The van der Waals surface area contributed by atoms with Crippen LogP contribution in [0.1, 0.15) is 60.6 Å². The zero-order valence-electron chi connectivity index (χ0n) is 18.6. The zero-order valence-corrected chi connectivity index (χ0v) is 18.6. The van der Waals surface area contributed by atoms with Gasteiger partial charge in [-0.3, -0.25) is 4.79 Å². The van der Waals surface area contributed by atoms with E-state index in [2.05, 4.69) is 0 Å². The molecule has 0 aromatic heterocycles. The number of benzene rings is 2. The van der Waals surface area contributed by atoms with E-state index < -0.39 is 0 Å².